The van der Waals surface area contributed by atoms with Crippen LogP contribution in [0.5, 0.6) is 0 Å². The highest BCUT2D eigenvalue weighted by atomic mass is 32.2. The standard InChI is InChI=1S/C22H31N3O3S/c1-5-16(4)17-6-8-18(9-7-17)22(15(2)3)24-14-21(26)25-19-10-12-20(13-11-19)29(23,27)28/h6-13,15-16,22,24H,5,14H2,1-4H3,(H,25,26)(H2,23,27,28)/t16-,22-/m0/s1. The molecule has 2 atom stereocenters. The summed E-state index contributed by atoms with van der Waals surface area (Å²) in [6.07, 6.45) is 1.10. The van der Waals surface area contributed by atoms with E-state index < -0.39 is 10.0 Å². The molecule has 2 aromatic rings. The summed E-state index contributed by atoms with van der Waals surface area (Å²) in [5.74, 6) is 0.641. The van der Waals surface area contributed by atoms with Crippen LogP contribution in [0.3, 0.4) is 0 Å². The Kier molecular flexibility index (Phi) is 7.96. The van der Waals surface area contributed by atoms with E-state index >= 15 is 0 Å². The van der Waals surface area contributed by atoms with Gasteiger partial charge in [-0.1, -0.05) is 52.0 Å². The summed E-state index contributed by atoms with van der Waals surface area (Å²) >= 11 is 0. The molecular weight excluding hydrogens is 386 g/mol. The summed E-state index contributed by atoms with van der Waals surface area (Å²) in [6.45, 7) is 8.77. The van der Waals surface area contributed by atoms with Crippen molar-refractivity contribution in [1.82, 2.24) is 5.32 Å². The van der Waals surface area contributed by atoms with Crippen molar-refractivity contribution in [2.24, 2.45) is 11.1 Å². The van der Waals surface area contributed by atoms with E-state index in [9.17, 15) is 13.2 Å². The topological polar surface area (TPSA) is 101 Å². The number of nitrogens with one attached hydrogen (secondary N) is 2. The van der Waals surface area contributed by atoms with Gasteiger partial charge < -0.3 is 10.6 Å². The molecule has 4 N–H and O–H groups in total. The number of anilines is 1. The van der Waals surface area contributed by atoms with Crippen molar-refractivity contribution in [3.05, 3.63) is 59.7 Å². The number of amides is 1. The van der Waals surface area contributed by atoms with Gasteiger partial charge in [0, 0.05) is 11.7 Å². The Bertz CT molecular complexity index is 907. The van der Waals surface area contributed by atoms with Crippen LogP contribution >= 0.6 is 0 Å². The van der Waals surface area contributed by atoms with E-state index in [2.05, 4.69) is 62.6 Å². The smallest absolute Gasteiger partial charge is 0.238 e. The van der Waals surface area contributed by atoms with Crippen LogP contribution in [0.2, 0.25) is 0 Å². The Morgan fingerprint density at radius 3 is 2.00 bits per heavy atom. The fourth-order valence-corrected chi connectivity index (χ4v) is 3.66. The molecule has 0 spiro atoms. The van der Waals surface area contributed by atoms with Gasteiger partial charge in [-0.05, 0) is 53.6 Å². The predicted octanol–water partition coefficient (Wildman–Crippen LogP) is 3.77. The SMILES string of the molecule is CC[C@H](C)c1ccc([C@@H](NCC(=O)Nc2ccc(S(N)(=O)=O)cc2)C(C)C)cc1. The Labute approximate surface area is 173 Å². The van der Waals surface area contributed by atoms with E-state index in [1.54, 1.807) is 0 Å². The molecule has 2 aromatic carbocycles. The second-order valence-corrected chi connectivity index (χ2v) is 9.26. The van der Waals surface area contributed by atoms with Crippen molar-refractivity contribution < 1.29 is 13.2 Å². The van der Waals surface area contributed by atoms with Crippen molar-refractivity contribution in [3.8, 4) is 0 Å². The molecule has 0 saturated carbocycles. The Hall–Kier alpha value is -2.22. The number of carbonyl (C=O) groups is 1. The molecule has 0 radical (unpaired) electrons. The number of benzene rings is 2. The van der Waals surface area contributed by atoms with Gasteiger partial charge in [0.25, 0.3) is 0 Å². The Morgan fingerprint density at radius 1 is 0.966 bits per heavy atom. The molecule has 0 heterocycles. The molecule has 0 fully saturated rings. The number of nitrogens with two attached hydrogens (primary N) is 1. The van der Waals surface area contributed by atoms with Crippen LogP contribution < -0.4 is 15.8 Å². The van der Waals surface area contributed by atoms with Crippen molar-refractivity contribution in [3.63, 3.8) is 0 Å². The minimum Gasteiger partial charge on any atom is -0.325 e. The molecular formula is C22H31N3O3S. The van der Waals surface area contributed by atoms with E-state index in [1.165, 1.54) is 29.8 Å². The van der Waals surface area contributed by atoms with Gasteiger partial charge in [-0.25, -0.2) is 13.6 Å². The molecule has 6 nitrogen and oxygen atoms in total. The lowest BCUT2D eigenvalue weighted by Gasteiger charge is -2.23. The molecule has 2 rings (SSSR count). The van der Waals surface area contributed by atoms with Gasteiger partial charge in [0.15, 0.2) is 0 Å². The number of primary sulfonamides is 1. The maximum absolute atomic E-state index is 12.3. The maximum Gasteiger partial charge on any atom is 0.238 e. The summed E-state index contributed by atoms with van der Waals surface area (Å²) in [7, 11) is -3.75. The molecule has 158 valence electrons. The summed E-state index contributed by atoms with van der Waals surface area (Å²) in [6, 6.07) is 14.4. The van der Waals surface area contributed by atoms with Crippen molar-refractivity contribution >= 4 is 21.6 Å². The average molecular weight is 418 g/mol. The summed E-state index contributed by atoms with van der Waals surface area (Å²) in [4.78, 5) is 12.3. The zero-order valence-corrected chi connectivity index (χ0v) is 18.3. The van der Waals surface area contributed by atoms with Crippen LogP contribution in [0.25, 0.3) is 0 Å². The van der Waals surface area contributed by atoms with Gasteiger partial charge >= 0.3 is 0 Å². The molecule has 0 aliphatic rings. The van der Waals surface area contributed by atoms with Gasteiger partial charge in [0.05, 0.1) is 11.4 Å². The third-order valence-electron chi connectivity index (χ3n) is 5.09. The zero-order chi connectivity index (χ0) is 21.6. The fraction of sp³-hybridized carbons (Fsp3) is 0.409. The van der Waals surface area contributed by atoms with Gasteiger partial charge in [-0.15, -0.1) is 0 Å². The molecule has 0 bridgehead atoms. The van der Waals surface area contributed by atoms with Gasteiger partial charge in [0.1, 0.15) is 0 Å². The van der Waals surface area contributed by atoms with E-state index in [1.807, 2.05) is 0 Å². The third kappa shape index (κ3) is 6.66. The van der Waals surface area contributed by atoms with Gasteiger partial charge in [-0.2, -0.15) is 0 Å². The average Bonchev–Trinajstić information content (AvgIpc) is 2.67. The number of hydrogen-bond donors (Lipinski definition) is 3. The number of hydrogen-bond acceptors (Lipinski definition) is 4. The maximum atomic E-state index is 12.3. The second kappa shape index (κ2) is 10.0. The first-order valence-electron chi connectivity index (χ1n) is 9.87. The first-order chi connectivity index (χ1) is 13.6. The molecule has 7 heteroatoms. The van der Waals surface area contributed by atoms with Gasteiger partial charge in [-0.3, -0.25) is 4.79 Å². The summed E-state index contributed by atoms with van der Waals surface area (Å²) in [5.41, 5.74) is 2.99. The zero-order valence-electron chi connectivity index (χ0n) is 17.5. The van der Waals surface area contributed by atoms with Crippen molar-refractivity contribution in [2.75, 3.05) is 11.9 Å². The van der Waals surface area contributed by atoms with Gasteiger partial charge in [0.2, 0.25) is 15.9 Å². The Morgan fingerprint density at radius 2 is 1.52 bits per heavy atom. The van der Waals surface area contributed by atoms with Crippen LogP contribution in [0.4, 0.5) is 5.69 Å². The van der Waals surface area contributed by atoms with Crippen LogP contribution in [0.1, 0.15) is 57.2 Å². The molecule has 0 aliphatic heterocycles. The highest BCUT2D eigenvalue weighted by Gasteiger charge is 2.17. The molecule has 0 aliphatic carbocycles. The first kappa shape index (κ1) is 23.1. The fourth-order valence-electron chi connectivity index (χ4n) is 3.14. The first-order valence-corrected chi connectivity index (χ1v) is 11.4. The number of carbonyl (C=O) groups excluding carboxylic acids is 1. The summed E-state index contributed by atoms with van der Waals surface area (Å²) < 4.78 is 22.6. The highest BCUT2D eigenvalue weighted by Crippen LogP contribution is 2.25. The number of rotatable bonds is 9. The van der Waals surface area contributed by atoms with Crippen LogP contribution in [-0.2, 0) is 14.8 Å². The lowest BCUT2D eigenvalue weighted by Crippen LogP contribution is -2.33. The molecule has 0 aromatic heterocycles. The largest absolute Gasteiger partial charge is 0.325 e. The summed E-state index contributed by atoms with van der Waals surface area (Å²) in [5, 5.41) is 11.2. The quantitative estimate of drug-likeness (QED) is 0.578. The van der Waals surface area contributed by atoms with Crippen LogP contribution in [-0.4, -0.2) is 20.9 Å². The van der Waals surface area contributed by atoms with Crippen LogP contribution in [0.15, 0.2) is 53.4 Å². The van der Waals surface area contributed by atoms with E-state index in [0.29, 0.717) is 17.5 Å². The normalized spacial score (nSPS) is 13.9. The predicted molar refractivity (Wildman–Crippen MR) is 117 cm³/mol. The number of sulfonamides is 1. The molecule has 0 unspecified atom stereocenters. The lowest BCUT2D eigenvalue weighted by atomic mass is 9.92. The second-order valence-electron chi connectivity index (χ2n) is 7.70. The minimum atomic E-state index is -3.75. The molecule has 0 saturated heterocycles. The molecule has 1 amide bonds. The monoisotopic (exact) mass is 417 g/mol. The van der Waals surface area contributed by atoms with Crippen molar-refractivity contribution in [1.29, 1.82) is 0 Å². The van der Waals surface area contributed by atoms with Crippen LogP contribution in [0, 0.1) is 5.92 Å². The van der Waals surface area contributed by atoms with E-state index in [-0.39, 0.29) is 23.4 Å². The minimum absolute atomic E-state index is 0.00864. The highest BCUT2D eigenvalue weighted by molar-refractivity contribution is 7.89. The lowest BCUT2D eigenvalue weighted by molar-refractivity contribution is -0.115. The third-order valence-corrected chi connectivity index (χ3v) is 6.02. The Balaban J connectivity index is 1.98. The van der Waals surface area contributed by atoms with E-state index in [0.717, 1.165) is 12.0 Å². The van der Waals surface area contributed by atoms with E-state index in [4.69, 9.17) is 5.14 Å². The van der Waals surface area contributed by atoms with Crippen molar-refractivity contribution in [2.45, 2.75) is 51.0 Å². The molecule has 29 heavy (non-hydrogen) atoms.